The average Bonchev–Trinajstić information content (AvgIpc) is 3.27. The number of rotatable bonds is 9. The number of aryl methyl sites for hydroxylation is 1. The third kappa shape index (κ3) is 5.72. The molecule has 0 radical (unpaired) electrons. The van der Waals surface area contributed by atoms with Gasteiger partial charge in [0.15, 0.2) is 5.16 Å². The molecule has 1 N–H and O–H groups in total. The number of thioether (sulfide) groups is 2. The number of hydrogen-bond acceptors (Lipinski definition) is 5. The van der Waals surface area contributed by atoms with E-state index in [4.69, 9.17) is 0 Å². The molecule has 34 heavy (non-hydrogen) atoms. The van der Waals surface area contributed by atoms with Crippen molar-refractivity contribution in [3.8, 4) is 5.69 Å². The van der Waals surface area contributed by atoms with Crippen LogP contribution in [0.4, 0.5) is 5.69 Å². The van der Waals surface area contributed by atoms with Crippen molar-refractivity contribution in [3.63, 3.8) is 0 Å². The highest BCUT2D eigenvalue weighted by Gasteiger charge is 2.24. The molecule has 1 amide bonds. The third-order valence-electron chi connectivity index (χ3n) is 5.60. The minimum absolute atomic E-state index is 0.0241. The second-order valence-corrected chi connectivity index (χ2v) is 10.1. The van der Waals surface area contributed by atoms with E-state index >= 15 is 0 Å². The van der Waals surface area contributed by atoms with Gasteiger partial charge in [-0.25, -0.2) is 0 Å². The van der Waals surface area contributed by atoms with Gasteiger partial charge in [-0.15, -0.1) is 22.0 Å². The summed E-state index contributed by atoms with van der Waals surface area (Å²) < 4.78 is 2.06. The summed E-state index contributed by atoms with van der Waals surface area (Å²) >= 11 is 3.18. The maximum atomic E-state index is 13.2. The standard InChI is InChI=1S/C27H28N4OS2/c1-4-24(26(32)28-23-17-11-12-19(2)20(23)3)34-27-30-29-25(18-33-22-15-9-6-10-16-22)31(27)21-13-7-5-8-14-21/h5-17,24H,4,18H2,1-3H3,(H,28,32). The molecule has 5 nitrogen and oxygen atoms in total. The first-order valence-corrected chi connectivity index (χ1v) is 13.1. The zero-order valence-corrected chi connectivity index (χ0v) is 21.2. The first-order chi connectivity index (χ1) is 16.6. The molecule has 1 heterocycles. The summed E-state index contributed by atoms with van der Waals surface area (Å²) in [5.74, 6) is 1.51. The van der Waals surface area contributed by atoms with Crippen LogP contribution in [0.1, 0.15) is 30.3 Å². The zero-order valence-electron chi connectivity index (χ0n) is 19.6. The first-order valence-electron chi connectivity index (χ1n) is 11.3. The molecule has 174 valence electrons. The molecule has 1 aromatic heterocycles. The monoisotopic (exact) mass is 488 g/mol. The summed E-state index contributed by atoms with van der Waals surface area (Å²) in [5.41, 5.74) is 4.09. The van der Waals surface area contributed by atoms with Gasteiger partial charge in [0.25, 0.3) is 0 Å². The van der Waals surface area contributed by atoms with Crippen molar-refractivity contribution in [3.05, 3.63) is 95.8 Å². The number of para-hydroxylation sites is 1. The maximum Gasteiger partial charge on any atom is 0.237 e. The molecule has 4 aromatic rings. The van der Waals surface area contributed by atoms with Gasteiger partial charge < -0.3 is 5.32 Å². The van der Waals surface area contributed by atoms with E-state index in [1.807, 2.05) is 87.5 Å². The van der Waals surface area contributed by atoms with Crippen LogP contribution in [0.15, 0.2) is 88.9 Å². The molecule has 0 saturated carbocycles. The number of anilines is 1. The van der Waals surface area contributed by atoms with E-state index < -0.39 is 0 Å². The van der Waals surface area contributed by atoms with Crippen LogP contribution in [0.2, 0.25) is 0 Å². The Hall–Kier alpha value is -3.03. The molecule has 0 aliphatic heterocycles. The number of amides is 1. The SMILES string of the molecule is CCC(Sc1nnc(CSc2ccccc2)n1-c1ccccc1)C(=O)Nc1cccc(C)c1C. The Morgan fingerprint density at radius 3 is 2.35 bits per heavy atom. The molecule has 0 aliphatic rings. The topological polar surface area (TPSA) is 59.8 Å². The minimum Gasteiger partial charge on any atom is -0.325 e. The van der Waals surface area contributed by atoms with Gasteiger partial charge in [0.1, 0.15) is 5.82 Å². The fourth-order valence-corrected chi connectivity index (χ4v) is 5.34. The van der Waals surface area contributed by atoms with Gasteiger partial charge in [0, 0.05) is 16.3 Å². The van der Waals surface area contributed by atoms with Crippen LogP contribution in [0.3, 0.4) is 0 Å². The lowest BCUT2D eigenvalue weighted by atomic mass is 10.1. The van der Waals surface area contributed by atoms with E-state index in [0.29, 0.717) is 12.2 Å². The molecule has 1 atom stereocenters. The summed E-state index contributed by atoms with van der Waals surface area (Å²) in [6.07, 6.45) is 0.678. The summed E-state index contributed by atoms with van der Waals surface area (Å²) in [4.78, 5) is 14.4. The highest BCUT2D eigenvalue weighted by Crippen LogP contribution is 2.31. The van der Waals surface area contributed by atoms with Crippen molar-refractivity contribution in [2.24, 2.45) is 0 Å². The number of nitrogens with zero attached hydrogens (tertiary/aromatic N) is 3. The van der Waals surface area contributed by atoms with Crippen LogP contribution in [0, 0.1) is 13.8 Å². The number of aromatic nitrogens is 3. The summed E-state index contributed by atoms with van der Waals surface area (Å²) in [6, 6.07) is 26.3. The van der Waals surface area contributed by atoms with Crippen molar-refractivity contribution in [1.29, 1.82) is 0 Å². The van der Waals surface area contributed by atoms with Crippen LogP contribution < -0.4 is 5.32 Å². The average molecular weight is 489 g/mol. The third-order valence-corrected chi connectivity index (χ3v) is 7.91. The molecular formula is C27H28N4OS2. The molecule has 0 fully saturated rings. The molecule has 4 rings (SSSR count). The van der Waals surface area contributed by atoms with Gasteiger partial charge in [-0.05, 0) is 61.7 Å². The molecule has 0 aliphatic carbocycles. The second kappa shape index (κ2) is 11.4. The van der Waals surface area contributed by atoms with E-state index in [1.54, 1.807) is 11.8 Å². The van der Waals surface area contributed by atoms with Crippen LogP contribution in [-0.2, 0) is 10.5 Å². The lowest BCUT2D eigenvalue weighted by molar-refractivity contribution is -0.115. The van der Waals surface area contributed by atoms with Crippen LogP contribution in [-0.4, -0.2) is 25.9 Å². The fraction of sp³-hybridized carbons (Fsp3) is 0.222. The normalized spacial score (nSPS) is 11.9. The molecule has 1 unspecified atom stereocenters. The quantitative estimate of drug-likeness (QED) is 0.266. The Kier molecular flexibility index (Phi) is 8.08. The molecule has 7 heteroatoms. The maximum absolute atomic E-state index is 13.2. The van der Waals surface area contributed by atoms with Crippen molar-refractivity contribution in [1.82, 2.24) is 14.8 Å². The number of hydrogen-bond donors (Lipinski definition) is 1. The van der Waals surface area contributed by atoms with E-state index in [0.717, 1.165) is 33.5 Å². The number of benzene rings is 3. The number of carbonyl (C=O) groups excluding carboxylic acids is 1. The number of nitrogens with one attached hydrogen (secondary N) is 1. The van der Waals surface area contributed by atoms with Gasteiger partial charge >= 0.3 is 0 Å². The molecule has 0 spiro atoms. The Morgan fingerprint density at radius 2 is 1.65 bits per heavy atom. The van der Waals surface area contributed by atoms with Gasteiger partial charge in [-0.3, -0.25) is 9.36 Å². The summed E-state index contributed by atoms with van der Waals surface area (Å²) in [7, 11) is 0. The van der Waals surface area contributed by atoms with Crippen molar-refractivity contribution in [2.45, 2.75) is 48.2 Å². The van der Waals surface area contributed by atoms with E-state index in [2.05, 4.69) is 32.2 Å². The molecule has 0 bridgehead atoms. The molecule has 0 saturated heterocycles. The van der Waals surface area contributed by atoms with Crippen molar-refractivity contribution < 1.29 is 4.79 Å². The lowest BCUT2D eigenvalue weighted by Crippen LogP contribution is -2.25. The van der Waals surface area contributed by atoms with Gasteiger partial charge in [-0.1, -0.05) is 67.2 Å². The van der Waals surface area contributed by atoms with Gasteiger partial charge in [0.2, 0.25) is 5.91 Å². The molecule has 3 aromatic carbocycles. The van der Waals surface area contributed by atoms with Gasteiger partial charge in [0.05, 0.1) is 11.0 Å². The zero-order chi connectivity index (χ0) is 23.9. The Morgan fingerprint density at radius 1 is 0.941 bits per heavy atom. The second-order valence-electron chi connectivity index (χ2n) is 7.92. The van der Waals surface area contributed by atoms with E-state index in [-0.39, 0.29) is 11.2 Å². The van der Waals surface area contributed by atoms with Gasteiger partial charge in [-0.2, -0.15) is 0 Å². The van der Waals surface area contributed by atoms with Crippen LogP contribution in [0.25, 0.3) is 5.69 Å². The number of carbonyl (C=O) groups is 1. The smallest absolute Gasteiger partial charge is 0.237 e. The Bertz CT molecular complexity index is 1240. The van der Waals surface area contributed by atoms with E-state index in [9.17, 15) is 4.79 Å². The van der Waals surface area contributed by atoms with Crippen LogP contribution in [0.5, 0.6) is 0 Å². The highest BCUT2D eigenvalue weighted by molar-refractivity contribution is 8.00. The summed E-state index contributed by atoms with van der Waals surface area (Å²) in [5, 5.41) is 12.5. The fourth-order valence-electron chi connectivity index (χ4n) is 3.52. The minimum atomic E-state index is -0.291. The first kappa shape index (κ1) is 24.1. The highest BCUT2D eigenvalue weighted by atomic mass is 32.2. The summed E-state index contributed by atoms with van der Waals surface area (Å²) in [6.45, 7) is 6.10. The van der Waals surface area contributed by atoms with E-state index in [1.165, 1.54) is 16.7 Å². The van der Waals surface area contributed by atoms with Crippen molar-refractivity contribution >= 4 is 35.1 Å². The van der Waals surface area contributed by atoms with Crippen LogP contribution >= 0.6 is 23.5 Å². The predicted molar refractivity (Wildman–Crippen MR) is 142 cm³/mol. The Balaban J connectivity index is 1.57. The lowest BCUT2D eigenvalue weighted by Gasteiger charge is -2.17. The predicted octanol–water partition coefficient (Wildman–Crippen LogP) is 6.69. The van der Waals surface area contributed by atoms with Crippen molar-refractivity contribution in [2.75, 3.05) is 5.32 Å². The largest absolute Gasteiger partial charge is 0.325 e. The Labute approximate surface area is 209 Å². The molecular weight excluding hydrogens is 460 g/mol.